The Morgan fingerprint density at radius 2 is 2.00 bits per heavy atom. The van der Waals surface area contributed by atoms with Crippen LogP contribution in [0.1, 0.15) is 65.7 Å². The number of hydrogen-bond acceptors (Lipinski definition) is 4. The minimum atomic E-state index is 0.0245. The van der Waals surface area contributed by atoms with E-state index >= 15 is 0 Å². The van der Waals surface area contributed by atoms with Gasteiger partial charge >= 0.3 is 0 Å². The van der Waals surface area contributed by atoms with Gasteiger partial charge in [0.1, 0.15) is 6.61 Å². The van der Waals surface area contributed by atoms with Gasteiger partial charge < -0.3 is 4.74 Å². The van der Waals surface area contributed by atoms with E-state index in [2.05, 4.69) is 19.9 Å². The Balaban J connectivity index is 1.53. The lowest BCUT2D eigenvalue weighted by Gasteiger charge is -2.56. The van der Waals surface area contributed by atoms with Crippen molar-refractivity contribution in [1.82, 2.24) is 0 Å². The van der Waals surface area contributed by atoms with Gasteiger partial charge in [-0.25, -0.2) is 0 Å². The summed E-state index contributed by atoms with van der Waals surface area (Å²) in [6.45, 7) is 6.79. The van der Waals surface area contributed by atoms with Gasteiger partial charge in [0.15, 0.2) is 16.6 Å². The van der Waals surface area contributed by atoms with Crippen LogP contribution in [0.5, 0.6) is 0 Å². The molecule has 4 heteroatoms. The third kappa shape index (κ3) is 3.03. The van der Waals surface area contributed by atoms with Gasteiger partial charge in [-0.05, 0) is 86.1 Å². The van der Waals surface area contributed by atoms with E-state index in [-0.39, 0.29) is 34.9 Å². The van der Waals surface area contributed by atoms with E-state index in [1.165, 1.54) is 5.57 Å². The molecule has 0 N–H and O–H groups in total. The Kier molecular flexibility index (Phi) is 5.14. The van der Waals surface area contributed by atoms with Gasteiger partial charge in [-0.2, -0.15) is 0 Å². The van der Waals surface area contributed by atoms with E-state index in [1.807, 2.05) is 13.0 Å². The molecule has 152 valence electrons. The molecule has 3 fully saturated rings. The number of thiocarbonyl (C=S) groups is 1. The first-order valence-electron chi connectivity index (χ1n) is 10.9. The summed E-state index contributed by atoms with van der Waals surface area (Å²) in [6.07, 6.45) is 13.1. The van der Waals surface area contributed by atoms with Gasteiger partial charge in [0.05, 0.1) is 0 Å². The number of carbonyl (C=O) groups excluding carboxylic acids is 2. The maximum atomic E-state index is 13.0. The fraction of sp³-hybridized carbons (Fsp3) is 0.708. The van der Waals surface area contributed by atoms with Crippen molar-refractivity contribution in [3.63, 3.8) is 0 Å². The molecule has 0 bridgehead atoms. The summed E-state index contributed by atoms with van der Waals surface area (Å²) in [4.78, 5) is 24.9. The minimum absolute atomic E-state index is 0.0245. The number of rotatable bonds is 4. The van der Waals surface area contributed by atoms with Crippen molar-refractivity contribution in [1.29, 1.82) is 0 Å². The summed E-state index contributed by atoms with van der Waals surface area (Å²) >= 11 is 5.13. The number of Topliss-reactive ketones (excluding diaryl/α,β-unsaturated/α-hetero) is 1. The Morgan fingerprint density at radius 3 is 2.75 bits per heavy atom. The van der Waals surface area contributed by atoms with Crippen molar-refractivity contribution in [2.45, 2.75) is 65.7 Å². The minimum Gasteiger partial charge on any atom is -0.479 e. The molecule has 0 saturated heterocycles. The normalized spacial score (nSPS) is 41.5. The highest BCUT2D eigenvalue weighted by Gasteiger charge is 2.59. The fourth-order valence-electron chi connectivity index (χ4n) is 7.08. The molecule has 3 saturated carbocycles. The van der Waals surface area contributed by atoms with Crippen LogP contribution in [0.3, 0.4) is 0 Å². The van der Waals surface area contributed by atoms with Crippen molar-refractivity contribution in [3.05, 3.63) is 23.8 Å². The van der Waals surface area contributed by atoms with E-state index in [4.69, 9.17) is 17.0 Å². The van der Waals surface area contributed by atoms with Gasteiger partial charge in [0.25, 0.3) is 0 Å². The third-order valence-electron chi connectivity index (χ3n) is 8.61. The molecule has 28 heavy (non-hydrogen) atoms. The predicted octanol–water partition coefficient (Wildman–Crippen LogP) is 5.23. The van der Waals surface area contributed by atoms with Crippen LogP contribution in [0.2, 0.25) is 0 Å². The zero-order valence-electron chi connectivity index (χ0n) is 17.3. The summed E-state index contributed by atoms with van der Waals surface area (Å²) in [7, 11) is 0. The maximum Gasteiger partial charge on any atom is 0.178 e. The van der Waals surface area contributed by atoms with Crippen molar-refractivity contribution in [2.75, 3.05) is 6.61 Å². The number of fused-ring (bicyclic) bond motifs is 5. The molecule has 0 aromatic rings. The summed E-state index contributed by atoms with van der Waals surface area (Å²) in [5, 5.41) is 0.537. The summed E-state index contributed by atoms with van der Waals surface area (Å²) < 4.78 is 5.53. The third-order valence-corrected chi connectivity index (χ3v) is 9.02. The Labute approximate surface area is 174 Å². The van der Waals surface area contributed by atoms with Crippen molar-refractivity contribution < 1.29 is 14.3 Å². The standard InChI is InChI=1S/C24H32O3S/c1-4-22(28)27-14-21(26)20-8-7-18-17-6-5-15-13-16(25)9-11-23(15,2)19(17)10-12-24(18,20)3/h9,11,13,17-20H,4-8,10,12,14H2,1-3H3/t17-,18-,19-,20+,23-,24-/m0/s1. The number of hydrogen-bond donors (Lipinski definition) is 0. The highest BCUT2D eigenvalue weighted by molar-refractivity contribution is 7.80. The topological polar surface area (TPSA) is 43.4 Å². The molecule has 6 atom stereocenters. The summed E-state index contributed by atoms with van der Waals surface area (Å²) in [5.41, 5.74) is 1.44. The number of carbonyl (C=O) groups is 2. The smallest absolute Gasteiger partial charge is 0.178 e. The Morgan fingerprint density at radius 1 is 1.21 bits per heavy atom. The second-order valence-electron chi connectivity index (χ2n) is 9.76. The van der Waals surface area contributed by atoms with Crippen LogP contribution in [0.25, 0.3) is 0 Å². The van der Waals surface area contributed by atoms with Crippen molar-refractivity contribution in [3.8, 4) is 0 Å². The molecule has 0 heterocycles. The molecule has 3 nitrogen and oxygen atoms in total. The molecule has 0 radical (unpaired) electrons. The van der Waals surface area contributed by atoms with E-state index in [0.29, 0.717) is 29.2 Å². The molecule has 0 aromatic heterocycles. The van der Waals surface area contributed by atoms with E-state index in [0.717, 1.165) is 38.5 Å². The van der Waals surface area contributed by atoms with Gasteiger partial charge in [-0.3, -0.25) is 9.59 Å². The van der Waals surface area contributed by atoms with Gasteiger partial charge in [-0.1, -0.05) is 32.4 Å². The lowest BCUT2D eigenvalue weighted by molar-refractivity contribution is -0.131. The number of ether oxygens (including phenoxy) is 1. The zero-order chi connectivity index (χ0) is 20.1. The van der Waals surface area contributed by atoms with Crippen LogP contribution in [-0.4, -0.2) is 23.2 Å². The van der Waals surface area contributed by atoms with Crippen molar-refractivity contribution in [2.24, 2.45) is 34.5 Å². The first-order valence-corrected chi connectivity index (χ1v) is 11.3. The maximum absolute atomic E-state index is 13.0. The molecule has 0 spiro atoms. The number of ketones is 2. The Hall–Kier alpha value is -1.29. The molecule has 0 unspecified atom stereocenters. The number of allylic oxidation sites excluding steroid dienone is 4. The van der Waals surface area contributed by atoms with Gasteiger partial charge in [0, 0.05) is 17.8 Å². The van der Waals surface area contributed by atoms with Gasteiger partial charge in [-0.15, -0.1) is 0 Å². The van der Waals surface area contributed by atoms with Crippen LogP contribution in [0, 0.1) is 34.5 Å². The molecule has 4 aliphatic carbocycles. The average molecular weight is 401 g/mol. The quantitative estimate of drug-likeness (QED) is 0.606. The van der Waals surface area contributed by atoms with E-state index < -0.39 is 0 Å². The lowest BCUT2D eigenvalue weighted by atomic mass is 9.47. The van der Waals surface area contributed by atoms with E-state index in [1.54, 1.807) is 6.08 Å². The van der Waals surface area contributed by atoms with Crippen LogP contribution < -0.4 is 0 Å². The first kappa shape index (κ1) is 20.0. The molecule has 4 aliphatic rings. The largest absolute Gasteiger partial charge is 0.479 e. The Bertz CT molecular complexity index is 766. The zero-order valence-corrected chi connectivity index (χ0v) is 18.1. The molecular formula is C24H32O3S. The molecular weight excluding hydrogens is 368 g/mol. The van der Waals surface area contributed by atoms with Crippen LogP contribution >= 0.6 is 12.2 Å². The van der Waals surface area contributed by atoms with Crippen LogP contribution in [0.4, 0.5) is 0 Å². The average Bonchev–Trinajstić information content (AvgIpc) is 3.03. The monoisotopic (exact) mass is 400 g/mol. The second kappa shape index (κ2) is 7.19. The fourth-order valence-corrected chi connectivity index (χ4v) is 7.14. The van der Waals surface area contributed by atoms with Crippen molar-refractivity contribution >= 4 is 28.8 Å². The highest BCUT2D eigenvalue weighted by atomic mass is 32.1. The molecule has 4 rings (SSSR count). The van der Waals surface area contributed by atoms with Gasteiger partial charge in [0.2, 0.25) is 0 Å². The lowest BCUT2D eigenvalue weighted by Crippen LogP contribution is -2.50. The highest BCUT2D eigenvalue weighted by Crippen LogP contribution is 2.66. The van der Waals surface area contributed by atoms with Crippen LogP contribution in [-0.2, 0) is 14.3 Å². The second-order valence-corrected chi connectivity index (χ2v) is 10.2. The SMILES string of the molecule is CCC(=S)OCC(=O)[C@H]1CC[C@H]2[C@@H]3CCC4=CC(=O)C=C[C@]4(C)[C@H]3CC[C@]12C. The molecule has 0 aromatic carbocycles. The summed E-state index contributed by atoms with van der Waals surface area (Å²) in [6, 6.07) is 0. The molecule has 0 amide bonds. The first-order chi connectivity index (χ1) is 13.3. The van der Waals surface area contributed by atoms with E-state index in [9.17, 15) is 9.59 Å². The predicted molar refractivity (Wildman–Crippen MR) is 114 cm³/mol. The summed E-state index contributed by atoms with van der Waals surface area (Å²) in [5.74, 6) is 2.32. The molecule has 0 aliphatic heterocycles. The van der Waals surface area contributed by atoms with Crippen LogP contribution in [0.15, 0.2) is 23.8 Å².